The molecule has 4 aliphatic rings. The first-order chi connectivity index (χ1) is 15.1. The van der Waals surface area contributed by atoms with E-state index in [2.05, 4.69) is 26.9 Å². The van der Waals surface area contributed by atoms with Crippen molar-refractivity contribution in [1.29, 1.82) is 0 Å². The van der Waals surface area contributed by atoms with Crippen molar-refractivity contribution >= 4 is 17.7 Å². The zero-order valence-corrected chi connectivity index (χ0v) is 17.6. The number of hydrogen-bond donors (Lipinski definition) is 3. The van der Waals surface area contributed by atoms with Gasteiger partial charge in [0.05, 0.1) is 18.8 Å². The van der Waals surface area contributed by atoms with Gasteiger partial charge in [0.2, 0.25) is 11.8 Å². The number of morpholine rings is 1. The molecule has 3 fully saturated rings. The Balaban J connectivity index is 1.22. The van der Waals surface area contributed by atoms with Crippen molar-refractivity contribution < 1.29 is 19.1 Å². The van der Waals surface area contributed by atoms with Crippen LogP contribution in [0.25, 0.3) is 0 Å². The number of fused-ring (bicyclic) bond motifs is 2. The lowest BCUT2D eigenvalue weighted by atomic mass is 9.94. The molecule has 0 spiro atoms. The quantitative estimate of drug-likeness (QED) is 0.530. The molecule has 0 bridgehead atoms. The Labute approximate surface area is 181 Å². The van der Waals surface area contributed by atoms with E-state index in [0.717, 1.165) is 57.1 Å². The summed E-state index contributed by atoms with van der Waals surface area (Å²) in [5.74, 6) is -0.779. The average Bonchev–Trinajstić information content (AvgIpc) is 3.09. The number of hydrogen-bond acceptors (Lipinski definition) is 7. The molecule has 4 heterocycles. The predicted octanol–water partition coefficient (Wildman–Crippen LogP) is -0.789. The fourth-order valence-corrected chi connectivity index (χ4v) is 5.21. The van der Waals surface area contributed by atoms with E-state index in [-0.39, 0.29) is 29.7 Å². The molecule has 166 valence electrons. The molecular weight excluding hydrogens is 398 g/mol. The highest BCUT2D eigenvalue weighted by atomic mass is 16.5. The lowest BCUT2D eigenvalue weighted by Crippen LogP contribution is -2.69. The molecule has 3 N–H and O–H groups in total. The SMILES string of the molecule is O=C1CCC(N2Cc3cc(CNCC45CNCCN4CCOC5)ccc3C2=O)C(=O)N1. The van der Waals surface area contributed by atoms with Gasteiger partial charge in [-0.3, -0.25) is 24.6 Å². The second-order valence-electron chi connectivity index (χ2n) is 8.94. The van der Waals surface area contributed by atoms with Gasteiger partial charge in [-0.1, -0.05) is 12.1 Å². The number of piperazine rings is 1. The Morgan fingerprint density at radius 3 is 3.00 bits per heavy atom. The van der Waals surface area contributed by atoms with Crippen LogP contribution in [0.2, 0.25) is 0 Å². The van der Waals surface area contributed by atoms with Crippen LogP contribution < -0.4 is 16.0 Å². The third-order valence-electron chi connectivity index (χ3n) is 6.93. The van der Waals surface area contributed by atoms with Crippen LogP contribution in [-0.2, 0) is 27.4 Å². The standard InChI is InChI=1S/C22H29N5O4/c28-19-4-3-18(20(29)25-19)27-11-16-9-15(1-2-17(16)21(27)30)10-24-13-22-12-23-5-6-26(22)7-8-31-14-22/h1-2,9,18,23-24H,3-8,10-14H2,(H,25,28,29). The number of amides is 3. The number of nitrogens with one attached hydrogen (secondary N) is 3. The van der Waals surface area contributed by atoms with Crippen molar-refractivity contribution in [3.8, 4) is 0 Å². The fraction of sp³-hybridized carbons (Fsp3) is 0.591. The smallest absolute Gasteiger partial charge is 0.255 e. The van der Waals surface area contributed by atoms with Crippen LogP contribution in [0.15, 0.2) is 18.2 Å². The minimum absolute atomic E-state index is 0.00816. The largest absolute Gasteiger partial charge is 0.378 e. The number of carbonyl (C=O) groups excluding carboxylic acids is 3. The van der Waals surface area contributed by atoms with Gasteiger partial charge < -0.3 is 20.3 Å². The molecule has 2 atom stereocenters. The van der Waals surface area contributed by atoms with Crippen molar-refractivity contribution in [1.82, 2.24) is 25.8 Å². The molecule has 0 aliphatic carbocycles. The number of rotatable bonds is 5. The minimum Gasteiger partial charge on any atom is -0.378 e. The summed E-state index contributed by atoms with van der Waals surface area (Å²) < 4.78 is 5.78. The monoisotopic (exact) mass is 427 g/mol. The highest BCUT2D eigenvalue weighted by Crippen LogP contribution is 2.28. The van der Waals surface area contributed by atoms with Crippen LogP contribution in [0, 0.1) is 0 Å². The summed E-state index contributed by atoms with van der Waals surface area (Å²) in [5.41, 5.74) is 2.69. The van der Waals surface area contributed by atoms with E-state index in [1.807, 2.05) is 12.1 Å². The van der Waals surface area contributed by atoms with Crippen molar-refractivity contribution in [2.45, 2.75) is 37.5 Å². The van der Waals surface area contributed by atoms with Gasteiger partial charge in [-0.05, 0) is 23.6 Å². The maximum atomic E-state index is 12.8. The molecule has 1 aromatic rings. The van der Waals surface area contributed by atoms with Crippen molar-refractivity contribution in [2.75, 3.05) is 45.9 Å². The lowest BCUT2D eigenvalue weighted by Gasteiger charge is -2.50. The van der Waals surface area contributed by atoms with Crippen LogP contribution in [-0.4, -0.2) is 85.0 Å². The second kappa shape index (κ2) is 8.31. The summed E-state index contributed by atoms with van der Waals surface area (Å²) in [6.07, 6.45) is 0.649. The number of piperidine rings is 1. The van der Waals surface area contributed by atoms with Gasteiger partial charge in [0, 0.05) is 57.8 Å². The van der Waals surface area contributed by atoms with Gasteiger partial charge >= 0.3 is 0 Å². The van der Waals surface area contributed by atoms with Gasteiger partial charge in [-0.15, -0.1) is 0 Å². The zero-order chi connectivity index (χ0) is 21.4. The van der Waals surface area contributed by atoms with Gasteiger partial charge in [-0.2, -0.15) is 0 Å². The first-order valence-corrected chi connectivity index (χ1v) is 11.1. The van der Waals surface area contributed by atoms with Crippen LogP contribution in [0.1, 0.15) is 34.3 Å². The molecule has 3 amide bonds. The highest BCUT2D eigenvalue weighted by molar-refractivity contribution is 6.05. The minimum atomic E-state index is -0.575. The molecule has 0 saturated carbocycles. The van der Waals surface area contributed by atoms with Crippen LogP contribution in [0.4, 0.5) is 0 Å². The number of carbonyl (C=O) groups is 3. The van der Waals surface area contributed by atoms with E-state index in [1.165, 1.54) is 0 Å². The number of benzene rings is 1. The topological polar surface area (TPSA) is 103 Å². The average molecular weight is 428 g/mol. The third kappa shape index (κ3) is 3.87. The number of nitrogens with zero attached hydrogens (tertiary/aromatic N) is 2. The summed E-state index contributed by atoms with van der Waals surface area (Å²) >= 11 is 0. The first-order valence-electron chi connectivity index (χ1n) is 11.1. The second-order valence-corrected chi connectivity index (χ2v) is 8.94. The maximum Gasteiger partial charge on any atom is 0.255 e. The molecule has 9 heteroatoms. The zero-order valence-electron chi connectivity index (χ0n) is 17.6. The van der Waals surface area contributed by atoms with Crippen molar-refractivity contribution in [3.63, 3.8) is 0 Å². The Morgan fingerprint density at radius 1 is 1.23 bits per heavy atom. The molecule has 31 heavy (non-hydrogen) atoms. The van der Waals surface area contributed by atoms with Gasteiger partial charge in [0.15, 0.2) is 0 Å². The van der Waals surface area contributed by atoms with E-state index in [0.29, 0.717) is 25.1 Å². The van der Waals surface area contributed by atoms with E-state index in [9.17, 15) is 14.4 Å². The Morgan fingerprint density at radius 2 is 2.13 bits per heavy atom. The Hall–Kier alpha value is -2.33. The third-order valence-corrected chi connectivity index (χ3v) is 6.93. The summed E-state index contributed by atoms with van der Waals surface area (Å²) in [6.45, 7) is 7.42. The molecule has 2 unspecified atom stereocenters. The van der Waals surface area contributed by atoms with Crippen molar-refractivity contribution in [3.05, 3.63) is 34.9 Å². The lowest BCUT2D eigenvalue weighted by molar-refractivity contribution is -0.136. The molecule has 5 rings (SSSR count). The van der Waals surface area contributed by atoms with Crippen LogP contribution >= 0.6 is 0 Å². The molecule has 0 radical (unpaired) electrons. The summed E-state index contributed by atoms with van der Waals surface area (Å²) in [4.78, 5) is 40.6. The molecule has 1 aromatic carbocycles. The van der Waals surface area contributed by atoms with Crippen molar-refractivity contribution in [2.24, 2.45) is 0 Å². The van der Waals surface area contributed by atoms with Crippen LogP contribution in [0.5, 0.6) is 0 Å². The first kappa shape index (κ1) is 20.6. The van der Waals surface area contributed by atoms with Gasteiger partial charge in [-0.25, -0.2) is 0 Å². The molecule has 9 nitrogen and oxygen atoms in total. The summed E-state index contributed by atoms with van der Waals surface area (Å²) in [5, 5.41) is 9.43. The number of imide groups is 1. The maximum absolute atomic E-state index is 12.8. The normalized spacial score (nSPS) is 29.0. The van der Waals surface area contributed by atoms with E-state index in [1.54, 1.807) is 4.90 Å². The molecule has 0 aromatic heterocycles. The summed E-state index contributed by atoms with van der Waals surface area (Å²) in [7, 11) is 0. The molecule has 4 aliphatic heterocycles. The van der Waals surface area contributed by atoms with Gasteiger partial charge in [0.1, 0.15) is 6.04 Å². The van der Waals surface area contributed by atoms with E-state index < -0.39 is 6.04 Å². The van der Waals surface area contributed by atoms with E-state index >= 15 is 0 Å². The molecule has 3 saturated heterocycles. The summed E-state index contributed by atoms with van der Waals surface area (Å²) in [6, 6.07) is 5.31. The number of ether oxygens (including phenoxy) is 1. The Bertz CT molecular complexity index is 892. The van der Waals surface area contributed by atoms with Crippen LogP contribution in [0.3, 0.4) is 0 Å². The molecular formula is C22H29N5O4. The van der Waals surface area contributed by atoms with Gasteiger partial charge in [0.25, 0.3) is 5.91 Å². The highest BCUT2D eigenvalue weighted by Gasteiger charge is 2.41. The predicted molar refractivity (Wildman–Crippen MR) is 112 cm³/mol. The van der Waals surface area contributed by atoms with E-state index in [4.69, 9.17) is 4.74 Å². The Kier molecular flexibility index (Phi) is 5.51. The fourth-order valence-electron chi connectivity index (χ4n) is 5.21.